The summed E-state index contributed by atoms with van der Waals surface area (Å²) < 4.78 is 24.2. The van der Waals surface area contributed by atoms with E-state index in [1.807, 2.05) is 12.1 Å². The summed E-state index contributed by atoms with van der Waals surface area (Å²) in [5, 5.41) is 2.84. The molecule has 3 aromatic rings. The van der Waals surface area contributed by atoms with Gasteiger partial charge in [-0.2, -0.15) is 0 Å². The largest absolute Gasteiger partial charge is 0.494 e. The highest BCUT2D eigenvalue weighted by molar-refractivity contribution is 5.77. The number of hydrogen-bond donors (Lipinski definition) is 1. The Hall–Kier alpha value is -3.22. The predicted octanol–water partition coefficient (Wildman–Crippen LogP) is 5.38. The van der Waals surface area contributed by atoms with Crippen molar-refractivity contribution in [2.75, 3.05) is 32.8 Å². The first-order valence-electron chi connectivity index (χ1n) is 13.2. The molecule has 1 fully saturated rings. The highest BCUT2D eigenvalue weighted by Crippen LogP contribution is 2.23. The fourth-order valence-electron chi connectivity index (χ4n) is 4.67. The third kappa shape index (κ3) is 9.63. The summed E-state index contributed by atoms with van der Waals surface area (Å²) in [7, 11) is 0. The number of likely N-dealkylation sites (tertiary alicyclic amines) is 1. The average Bonchev–Trinajstić information content (AvgIpc) is 2.92. The number of carbonyl (C=O) groups is 1. The van der Waals surface area contributed by atoms with Crippen LogP contribution in [-0.2, 0) is 29.1 Å². The number of piperidine rings is 1. The molecule has 0 bridgehead atoms. The van der Waals surface area contributed by atoms with Crippen LogP contribution in [0.15, 0.2) is 78.9 Å². The van der Waals surface area contributed by atoms with E-state index < -0.39 is 0 Å². The molecule has 1 aliphatic heterocycles. The SMILES string of the molecule is O=C(COCc1ccc(F)cc1)NCCCOc1cccc(CN2CCC(Cc3ccccc3)CC2)c1. The second-order valence-corrected chi connectivity index (χ2v) is 9.73. The van der Waals surface area contributed by atoms with Gasteiger partial charge in [-0.1, -0.05) is 54.6 Å². The van der Waals surface area contributed by atoms with Gasteiger partial charge in [0.2, 0.25) is 5.91 Å². The molecule has 0 saturated carbocycles. The number of nitrogens with one attached hydrogen (secondary N) is 1. The molecular formula is C31H37FN2O3. The Bertz CT molecular complexity index is 1080. The van der Waals surface area contributed by atoms with E-state index >= 15 is 0 Å². The number of ether oxygens (including phenoxy) is 2. The van der Waals surface area contributed by atoms with Gasteiger partial charge >= 0.3 is 0 Å². The van der Waals surface area contributed by atoms with Crippen LogP contribution >= 0.6 is 0 Å². The molecule has 0 unspecified atom stereocenters. The second-order valence-electron chi connectivity index (χ2n) is 9.73. The van der Waals surface area contributed by atoms with Crippen molar-refractivity contribution in [1.82, 2.24) is 10.2 Å². The van der Waals surface area contributed by atoms with Crippen LogP contribution in [-0.4, -0.2) is 43.7 Å². The quantitative estimate of drug-likeness (QED) is 0.318. The lowest BCUT2D eigenvalue weighted by atomic mass is 9.90. The normalized spacial score (nSPS) is 14.4. The summed E-state index contributed by atoms with van der Waals surface area (Å²) in [5.41, 5.74) is 3.54. The van der Waals surface area contributed by atoms with Gasteiger partial charge in [-0.25, -0.2) is 4.39 Å². The molecule has 4 rings (SSSR count). The summed E-state index contributed by atoms with van der Waals surface area (Å²) in [6.45, 7) is 4.53. The first-order valence-corrected chi connectivity index (χ1v) is 13.2. The monoisotopic (exact) mass is 504 g/mol. The Labute approximate surface area is 219 Å². The van der Waals surface area contributed by atoms with E-state index in [2.05, 4.69) is 52.7 Å². The highest BCUT2D eigenvalue weighted by atomic mass is 19.1. The van der Waals surface area contributed by atoms with Gasteiger partial charge in [-0.3, -0.25) is 9.69 Å². The fraction of sp³-hybridized carbons (Fsp3) is 0.387. The van der Waals surface area contributed by atoms with Gasteiger partial charge in [-0.05, 0) is 85.6 Å². The Balaban J connectivity index is 1.07. The summed E-state index contributed by atoms with van der Waals surface area (Å²) >= 11 is 0. The lowest BCUT2D eigenvalue weighted by Crippen LogP contribution is -2.33. The fourth-order valence-corrected chi connectivity index (χ4v) is 4.67. The number of nitrogens with zero attached hydrogens (tertiary/aromatic N) is 1. The molecular weight excluding hydrogens is 467 g/mol. The van der Waals surface area contributed by atoms with Crippen molar-refractivity contribution in [1.29, 1.82) is 0 Å². The molecule has 0 spiro atoms. The van der Waals surface area contributed by atoms with Crippen molar-refractivity contribution in [3.63, 3.8) is 0 Å². The van der Waals surface area contributed by atoms with Crippen molar-refractivity contribution >= 4 is 5.91 Å². The maximum atomic E-state index is 12.9. The number of rotatable bonds is 13. The van der Waals surface area contributed by atoms with Gasteiger partial charge in [0.15, 0.2) is 0 Å². The van der Waals surface area contributed by atoms with Crippen LogP contribution in [0.4, 0.5) is 4.39 Å². The van der Waals surface area contributed by atoms with Crippen LogP contribution in [0.2, 0.25) is 0 Å². The molecule has 37 heavy (non-hydrogen) atoms. The van der Waals surface area contributed by atoms with E-state index in [0.29, 0.717) is 19.6 Å². The molecule has 3 aromatic carbocycles. The van der Waals surface area contributed by atoms with Crippen LogP contribution in [0.1, 0.15) is 36.0 Å². The smallest absolute Gasteiger partial charge is 0.246 e. The van der Waals surface area contributed by atoms with Gasteiger partial charge in [0.25, 0.3) is 0 Å². The van der Waals surface area contributed by atoms with Crippen LogP contribution in [0.5, 0.6) is 5.75 Å². The van der Waals surface area contributed by atoms with Crippen LogP contribution in [0.3, 0.4) is 0 Å². The topological polar surface area (TPSA) is 50.8 Å². The Morgan fingerprint density at radius 1 is 0.919 bits per heavy atom. The molecule has 5 nitrogen and oxygen atoms in total. The minimum atomic E-state index is -0.287. The minimum Gasteiger partial charge on any atom is -0.494 e. The molecule has 6 heteroatoms. The van der Waals surface area contributed by atoms with E-state index in [1.165, 1.54) is 42.5 Å². The van der Waals surface area contributed by atoms with E-state index in [4.69, 9.17) is 9.47 Å². The number of carbonyl (C=O) groups excluding carboxylic acids is 1. The number of amides is 1. The van der Waals surface area contributed by atoms with Crippen molar-refractivity contribution in [2.45, 2.75) is 38.8 Å². The number of hydrogen-bond acceptors (Lipinski definition) is 4. The van der Waals surface area contributed by atoms with Gasteiger partial charge in [0.1, 0.15) is 18.2 Å². The zero-order valence-electron chi connectivity index (χ0n) is 21.4. The minimum absolute atomic E-state index is 0.0240. The van der Waals surface area contributed by atoms with Crippen LogP contribution in [0, 0.1) is 11.7 Å². The summed E-state index contributed by atoms with van der Waals surface area (Å²) in [6.07, 6.45) is 4.38. The zero-order chi connectivity index (χ0) is 25.7. The molecule has 0 aliphatic carbocycles. The summed E-state index contributed by atoms with van der Waals surface area (Å²) in [5.74, 6) is 1.18. The molecule has 1 N–H and O–H groups in total. The van der Waals surface area contributed by atoms with E-state index in [0.717, 1.165) is 36.9 Å². The van der Waals surface area contributed by atoms with E-state index in [9.17, 15) is 9.18 Å². The molecule has 1 heterocycles. The Morgan fingerprint density at radius 3 is 2.46 bits per heavy atom. The molecule has 196 valence electrons. The first kappa shape index (κ1) is 26.8. The second kappa shape index (κ2) is 14.5. The number of benzene rings is 3. The van der Waals surface area contributed by atoms with Crippen molar-refractivity contribution < 1.29 is 18.7 Å². The lowest BCUT2D eigenvalue weighted by Gasteiger charge is -2.32. The van der Waals surface area contributed by atoms with E-state index in [-0.39, 0.29) is 24.9 Å². The predicted molar refractivity (Wildman–Crippen MR) is 144 cm³/mol. The average molecular weight is 505 g/mol. The standard InChI is InChI=1S/C31H37FN2O3/c32-29-12-10-27(11-13-29)23-36-24-31(35)33-16-5-19-37-30-9-4-8-28(21-30)22-34-17-14-26(15-18-34)20-25-6-2-1-3-7-25/h1-4,6-13,21,26H,5,14-20,22-24H2,(H,33,35). The summed E-state index contributed by atoms with van der Waals surface area (Å²) in [6, 6.07) is 25.2. The molecule has 0 radical (unpaired) electrons. The van der Waals surface area contributed by atoms with Crippen LogP contribution < -0.4 is 10.1 Å². The maximum absolute atomic E-state index is 12.9. The molecule has 1 saturated heterocycles. The number of halogens is 1. The van der Waals surface area contributed by atoms with Gasteiger partial charge in [0.05, 0.1) is 13.2 Å². The van der Waals surface area contributed by atoms with Gasteiger partial charge in [0, 0.05) is 13.1 Å². The summed E-state index contributed by atoms with van der Waals surface area (Å²) in [4.78, 5) is 14.5. The third-order valence-electron chi connectivity index (χ3n) is 6.71. The Kier molecular flexibility index (Phi) is 10.5. The third-order valence-corrected chi connectivity index (χ3v) is 6.71. The van der Waals surface area contributed by atoms with Crippen LogP contribution in [0.25, 0.3) is 0 Å². The van der Waals surface area contributed by atoms with Gasteiger partial charge < -0.3 is 14.8 Å². The molecule has 0 atom stereocenters. The first-order chi connectivity index (χ1) is 18.1. The molecule has 1 aliphatic rings. The zero-order valence-corrected chi connectivity index (χ0v) is 21.4. The van der Waals surface area contributed by atoms with Crippen molar-refractivity contribution in [2.24, 2.45) is 5.92 Å². The van der Waals surface area contributed by atoms with Crippen molar-refractivity contribution in [3.05, 3.63) is 101 Å². The van der Waals surface area contributed by atoms with Gasteiger partial charge in [-0.15, -0.1) is 0 Å². The van der Waals surface area contributed by atoms with Crippen molar-refractivity contribution in [3.8, 4) is 5.75 Å². The maximum Gasteiger partial charge on any atom is 0.246 e. The highest BCUT2D eigenvalue weighted by Gasteiger charge is 2.19. The Morgan fingerprint density at radius 2 is 1.68 bits per heavy atom. The molecule has 1 amide bonds. The lowest BCUT2D eigenvalue weighted by molar-refractivity contribution is -0.126. The molecule has 0 aromatic heterocycles. The van der Waals surface area contributed by atoms with E-state index in [1.54, 1.807) is 12.1 Å².